The van der Waals surface area contributed by atoms with E-state index in [-0.39, 0.29) is 12.1 Å². The van der Waals surface area contributed by atoms with E-state index in [1.807, 2.05) is 27.0 Å². The van der Waals surface area contributed by atoms with E-state index in [0.717, 1.165) is 17.5 Å². The maximum Gasteiger partial charge on any atom is 0.240 e. The first-order chi connectivity index (χ1) is 9.92. The highest BCUT2D eigenvalue weighted by Crippen LogP contribution is 2.19. The number of ether oxygens (including phenoxy) is 1. The summed E-state index contributed by atoms with van der Waals surface area (Å²) in [5, 5.41) is 3.06. The molecule has 0 aromatic heterocycles. The standard InChI is InChI=1S/C15H24N2O3S/c1-11-4-5-15(9-13(11)10-16-3)21(18,19)17-14-6-7-20-12(2)8-14/h4-5,9,12,14,16-17H,6-8,10H2,1-3H3. The summed E-state index contributed by atoms with van der Waals surface area (Å²) in [5.41, 5.74) is 2.09. The molecule has 1 saturated heterocycles. The molecule has 1 heterocycles. The van der Waals surface area contributed by atoms with E-state index in [4.69, 9.17) is 4.74 Å². The van der Waals surface area contributed by atoms with Gasteiger partial charge in [0.05, 0.1) is 11.0 Å². The van der Waals surface area contributed by atoms with Crippen molar-refractivity contribution in [3.05, 3.63) is 29.3 Å². The molecule has 1 aromatic rings. The molecule has 0 aliphatic carbocycles. The molecule has 0 amide bonds. The highest BCUT2D eigenvalue weighted by molar-refractivity contribution is 7.89. The Morgan fingerprint density at radius 2 is 2.14 bits per heavy atom. The van der Waals surface area contributed by atoms with Gasteiger partial charge in [-0.05, 0) is 57.0 Å². The van der Waals surface area contributed by atoms with Gasteiger partial charge < -0.3 is 10.1 Å². The first kappa shape index (κ1) is 16.4. The van der Waals surface area contributed by atoms with E-state index < -0.39 is 10.0 Å². The lowest BCUT2D eigenvalue weighted by atomic mass is 10.1. The number of benzene rings is 1. The van der Waals surface area contributed by atoms with E-state index in [2.05, 4.69) is 10.0 Å². The van der Waals surface area contributed by atoms with Crippen LogP contribution in [-0.2, 0) is 21.3 Å². The second-order valence-electron chi connectivity index (χ2n) is 5.64. The second kappa shape index (κ2) is 6.87. The summed E-state index contributed by atoms with van der Waals surface area (Å²) in [4.78, 5) is 0.331. The molecule has 2 atom stereocenters. The van der Waals surface area contributed by atoms with Crippen LogP contribution in [0.3, 0.4) is 0 Å². The van der Waals surface area contributed by atoms with Crippen LogP contribution in [0.25, 0.3) is 0 Å². The number of aryl methyl sites for hydroxylation is 1. The quantitative estimate of drug-likeness (QED) is 0.866. The van der Waals surface area contributed by atoms with Crippen molar-refractivity contribution in [2.75, 3.05) is 13.7 Å². The van der Waals surface area contributed by atoms with Crippen LogP contribution in [0.1, 0.15) is 30.9 Å². The predicted molar refractivity (Wildman–Crippen MR) is 82.7 cm³/mol. The lowest BCUT2D eigenvalue weighted by Crippen LogP contribution is -2.41. The maximum atomic E-state index is 12.5. The van der Waals surface area contributed by atoms with Crippen molar-refractivity contribution in [2.24, 2.45) is 0 Å². The maximum absolute atomic E-state index is 12.5. The van der Waals surface area contributed by atoms with Crippen LogP contribution in [0.15, 0.2) is 23.1 Å². The van der Waals surface area contributed by atoms with Gasteiger partial charge in [-0.15, -0.1) is 0 Å². The zero-order valence-corrected chi connectivity index (χ0v) is 13.7. The smallest absolute Gasteiger partial charge is 0.240 e. The van der Waals surface area contributed by atoms with E-state index >= 15 is 0 Å². The fourth-order valence-corrected chi connectivity index (χ4v) is 3.92. The highest BCUT2D eigenvalue weighted by atomic mass is 32.2. The van der Waals surface area contributed by atoms with Crippen LogP contribution in [0, 0.1) is 6.92 Å². The third-order valence-corrected chi connectivity index (χ3v) is 5.32. The van der Waals surface area contributed by atoms with Crippen LogP contribution < -0.4 is 10.0 Å². The molecule has 0 radical (unpaired) electrons. The van der Waals surface area contributed by atoms with Gasteiger partial charge in [-0.2, -0.15) is 0 Å². The molecular formula is C15H24N2O3S. The molecule has 2 N–H and O–H groups in total. The van der Waals surface area contributed by atoms with E-state index in [0.29, 0.717) is 24.5 Å². The third kappa shape index (κ3) is 4.26. The molecule has 1 fully saturated rings. The fraction of sp³-hybridized carbons (Fsp3) is 0.600. The molecule has 1 aliphatic heterocycles. The summed E-state index contributed by atoms with van der Waals surface area (Å²) in [6, 6.07) is 5.22. The number of hydrogen-bond donors (Lipinski definition) is 2. The fourth-order valence-electron chi connectivity index (χ4n) is 2.59. The Kier molecular flexibility index (Phi) is 5.37. The molecule has 21 heavy (non-hydrogen) atoms. The van der Waals surface area contributed by atoms with Gasteiger partial charge in [0.15, 0.2) is 0 Å². The van der Waals surface area contributed by atoms with Gasteiger partial charge in [-0.3, -0.25) is 0 Å². The van der Waals surface area contributed by atoms with Crippen molar-refractivity contribution in [1.29, 1.82) is 0 Å². The third-order valence-electron chi connectivity index (χ3n) is 3.81. The van der Waals surface area contributed by atoms with Gasteiger partial charge in [-0.25, -0.2) is 13.1 Å². The molecule has 0 bridgehead atoms. The van der Waals surface area contributed by atoms with Crippen molar-refractivity contribution >= 4 is 10.0 Å². The summed E-state index contributed by atoms with van der Waals surface area (Å²) in [6.45, 7) is 5.21. The molecule has 0 saturated carbocycles. The highest BCUT2D eigenvalue weighted by Gasteiger charge is 2.25. The van der Waals surface area contributed by atoms with Gasteiger partial charge in [0.2, 0.25) is 10.0 Å². The van der Waals surface area contributed by atoms with E-state index in [1.165, 1.54) is 0 Å². The zero-order chi connectivity index (χ0) is 15.5. The lowest BCUT2D eigenvalue weighted by Gasteiger charge is -2.27. The lowest BCUT2D eigenvalue weighted by molar-refractivity contribution is 0.0173. The van der Waals surface area contributed by atoms with Crippen LogP contribution in [0.5, 0.6) is 0 Å². The Balaban J connectivity index is 2.17. The molecule has 118 valence electrons. The minimum absolute atomic E-state index is 0.0483. The largest absolute Gasteiger partial charge is 0.378 e. The zero-order valence-electron chi connectivity index (χ0n) is 12.8. The van der Waals surface area contributed by atoms with Gasteiger partial charge >= 0.3 is 0 Å². The van der Waals surface area contributed by atoms with Crippen LogP contribution in [-0.4, -0.2) is 34.2 Å². The van der Waals surface area contributed by atoms with Gasteiger partial charge in [0.1, 0.15) is 0 Å². The van der Waals surface area contributed by atoms with Gasteiger partial charge in [0.25, 0.3) is 0 Å². The van der Waals surface area contributed by atoms with Crippen LogP contribution >= 0.6 is 0 Å². The monoisotopic (exact) mass is 312 g/mol. The van der Waals surface area contributed by atoms with E-state index in [1.54, 1.807) is 12.1 Å². The summed E-state index contributed by atoms with van der Waals surface area (Å²) in [6.07, 6.45) is 1.54. The Hall–Kier alpha value is -0.950. The number of hydrogen-bond acceptors (Lipinski definition) is 4. The molecule has 1 aliphatic rings. The van der Waals surface area contributed by atoms with Crippen LogP contribution in [0.4, 0.5) is 0 Å². The normalized spacial score (nSPS) is 23.2. The summed E-state index contributed by atoms with van der Waals surface area (Å²) in [5.74, 6) is 0. The van der Waals surface area contributed by atoms with Gasteiger partial charge in [0, 0.05) is 19.2 Å². The minimum atomic E-state index is -3.47. The van der Waals surface area contributed by atoms with Crippen molar-refractivity contribution in [2.45, 2.75) is 50.3 Å². The first-order valence-electron chi connectivity index (χ1n) is 7.30. The van der Waals surface area contributed by atoms with Crippen LogP contribution in [0.2, 0.25) is 0 Å². The Morgan fingerprint density at radius 1 is 1.38 bits per heavy atom. The van der Waals surface area contributed by atoms with E-state index in [9.17, 15) is 8.42 Å². The average Bonchev–Trinajstić information content (AvgIpc) is 2.41. The Bertz CT molecular complexity index is 587. The summed E-state index contributed by atoms with van der Waals surface area (Å²) in [7, 11) is -1.62. The number of sulfonamides is 1. The molecule has 2 rings (SSSR count). The van der Waals surface area contributed by atoms with Crippen molar-refractivity contribution in [3.63, 3.8) is 0 Å². The number of rotatable bonds is 5. The first-order valence-corrected chi connectivity index (χ1v) is 8.79. The van der Waals surface area contributed by atoms with Crippen molar-refractivity contribution in [1.82, 2.24) is 10.0 Å². The topological polar surface area (TPSA) is 67.4 Å². The van der Waals surface area contributed by atoms with Gasteiger partial charge in [-0.1, -0.05) is 6.07 Å². The molecule has 1 aromatic carbocycles. The number of nitrogens with one attached hydrogen (secondary N) is 2. The minimum Gasteiger partial charge on any atom is -0.378 e. The second-order valence-corrected chi connectivity index (χ2v) is 7.36. The summed E-state index contributed by atoms with van der Waals surface area (Å²) < 4.78 is 33.3. The average molecular weight is 312 g/mol. The molecule has 2 unspecified atom stereocenters. The van der Waals surface area contributed by atoms with Crippen molar-refractivity contribution < 1.29 is 13.2 Å². The molecular weight excluding hydrogens is 288 g/mol. The summed E-state index contributed by atoms with van der Waals surface area (Å²) >= 11 is 0. The predicted octanol–water partition coefficient (Wildman–Crippen LogP) is 1.56. The molecule has 6 heteroatoms. The SMILES string of the molecule is CNCc1cc(S(=O)(=O)NC2CCOC(C)C2)ccc1C. The Morgan fingerprint density at radius 3 is 2.81 bits per heavy atom. The molecule has 0 spiro atoms. The molecule has 5 nitrogen and oxygen atoms in total. The Labute approximate surface area is 127 Å². The van der Waals surface area contributed by atoms with Crippen molar-refractivity contribution in [3.8, 4) is 0 Å².